The van der Waals surface area contributed by atoms with Crippen molar-refractivity contribution in [1.82, 2.24) is 5.32 Å². The lowest BCUT2D eigenvalue weighted by Gasteiger charge is -2.15. The number of hydrogen-bond donors (Lipinski definition) is 6. The third kappa shape index (κ3) is 6.63. The van der Waals surface area contributed by atoms with E-state index in [4.69, 9.17) is 0 Å². The van der Waals surface area contributed by atoms with Crippen LogP contribution in [0.25, 0.3) is 16.7 Å². The van der Waals surface area contributed by atoms with Crippen LogP contribution < -0.4 is 10.6 Å². The van der Waals surface area contributed by atoms with Crippen molar-refractivity contribution in [2.24, 2.45) is 0 Å². The molecule has 0 heterocycles. The minimum Gasteiger partial charge on any atom is -0.508 e. The Bertz CT molecular complexity index is 1300. The van der Waals surface area contributed by atoms with Gasteiger partial charge in [0.05, 0.1) is 5.57 Å². The summed E-state index contributed by atoms with van der Waals surface area (Å²) in [5.74, 6) is -3.05. The van der Waals surface area contributed by atoms with Crippen LogP contribution >= 0.6 is 0 Å². The summed E-state index contributed by atoms with van der Waals surface area (Å²) in [4.78, 5) is 36.3. The second kappa shape index (κ2) is 11.6. The molecule has 36 heavy (non-hydrogen) atoms. The van der Waals surface area contributed by atoms with Crippen molar-refractivity contribution in [2.45, 2.75) is 18.9 Å². The van der Waals surface area contributed by atoms with E-state index in [-0.39, 0.29) is 29.9 Å². The zero-order valence-electron chi connectivity index (χ0n) is 19.4. The number of aliphatic carboxylic acids is 2. The standard InChI is InChI=1S/C27H26N2O7/c1-28-23-11-7-18(17-3-2-4-20(31)14-17)15-22(23)21(26(33)34)10-12-25(32)29-24(27(35)36)13-16-5-8-19(30)9-6-16/h2-11,14-15,24,28,30-31H,12-13H2,1H3,(H,29,32)(H,33,34)(H,35,36)/b21-10+. The highest BCUT2D eigenvalue weighted by molar-refractivity contribution is 6.17. The molecule has 0 fully saturated rings. The van der Waals surface area contributed by atoms with E-state index in [1.165, 1.54) is 24.3 Å². The summed E-state index contributed by atoms with van der Waals surface area (Å²) in [6, 6.07) is 16.4. The minimum atomic E-state index is -1.26. The number of nitrogens with one attached hydrogen (secondary N) is 2. The van der Waals surface area contributed by atoms with Crippen molar-refractivity contribution >= 4 is 29.1 Å². The summed E-state index contributed by atoms with van der Waals surface area (Å²) in [6.07, 6.45) is 0.868. The van der Waals surface area contributed by atoms with Gasteiger partial charge in [-0.25, -0.2) is 9.59 Å². The van der Waals surface area contributed by atoms with Crippen LogP contribution in [-0.4, -0.2) is 51.4 Å². The summed E-state index contributed by atoms with van der Waals surface area (Å²) in [5.41, 5.74) is 2.66. The predicted molar refractivity (Wildman–Crippen MR) is 135 cm³/mol. The van der Waals surface area contributed by atoms with Gasteiger partial charge in [0.15, 0.2) is 0 Å². The van der Waals surface area contributed by atoms with E-state index >= 15 is 0 Å². The first-order chi connectivity index (χ1) is 17.2. The van der Waals surface area contributed by atoms with Gasteiger partial charge in [-0.1, -0.05) is 36.4 Å². The van der Waals surface area contributed by atoms with Crippen LogP contribution in [0.1, 0.15) is 17.5 Å². The number of amides is 1. The second-order valence-electron chi connectivity index (χ2n) is 8.02. The normalized spacial score (nSPS) is 12.0. The maximum absolute atomic E-state index is 12.5. The van der Waals surface area contributed by atoms with Crippen LogP contribution in [0.2, 0.25) is 0 Å². The third-order valence-corrected chi connectivity index (χ3v) is 5.49. The lowest BCUT2D eigenvalue weighted by atomic mass is 9.96. The predicted octanol–water partition coefficient (Wildman–Crippen LogP) is 3.48. The highest BCUT2D eigenvalue weighted by Gasteiger charge is 2.21. The number of benzene rings is 3. The molecule has 3 rings (SSSR count). The summed E-state index contributed by atoms with van der Waals surface area (Å²) in [5, 5.41) is 43.9. The molecule has 3 aromatic rings. The molecular formula is C27H26N2O7. The number of aromatic hydroxyl groups is 2. The summed E-state index contributed by atoms with van der Waals surface area (Å²) in [7, 11) is 1.64. The van der Waals surface area contributed by atoms with E-state index in [9.17, 15) is 34.8 Å². The van der Waals surface area contributed by atoms with E-state index in [1.54, 1.807) is 55.6 Å². The molecule has 0 aliphatic heterocycles. The van der Waals surface area contributed by atoms with Crippen molar-refractivity contribution in [3.05, 3.63) is 83.9 Å². The Morgan fingerprint density at radius 1 is 0.889 bits per heavy atom. The fraction of sp³-hybridized carbons (Fsp3) is 0.148. The number of carbonyl (C=O) groups is 3. The van der Waals surface area contributed by atoms with Gasteiger partial charge in [0.2, 0.25) is 5.91 Å². The number of anilines is 1. The first-order valence-corrected chi connectivity index (χ1v) is 11.0. The lowest BCUT2D eigenvalue weighted by Crippen LogP contribution is -2.42. The molecule has 0 aliphatic rings. The zero-order chi connectivity index (χ0) is 26.2. The Labute approximate surface area is 207 Å². The van der Waals surface area contributed by atoms with Gasteiger partial charge >= 0.3 is 11.9 Å². The van der Waals surface area contributed by atoms with Crippen molar-refractivity contribution in [3.63, 3.8) is 0 Å². The Morgan fingerprint density at radius 2 is 1.58 bits per heavy atom. The molecule has 6 N–H and O–H groups in total. The maximum Gasteiger partial charge on any atom is 0.336 e. The molecule has 9 heteroatoms. The van der Waals surface area contributed by atoms with Gasteiger partial charge in [-0.3, -0.25) is 4.79 Å². The molecule has 1 unspecified atom stereocenters. The molecule has 1 amide bonds. The number of rotatable bonds is 10. The molecule has 0 aliphatic carbocycles. The van der Waals surface area contributed by atoms with Crippen LogP contribution in [0.5, 0.6) is 11.5 Å². The van der Waals surface area contributed by atoms with Crippen LogP contribution in [0.15, 0.2) is 72.8 Å². The summed E-state index contributed by atoms with van der Waals surface area (Å²) < 4.78 is 0. The van der Waals surface area contributed by atoms with E-state index in [1.807, 2.05) is 0 Å². The van der Waals surface area contributed by atoms with E-state index in [0.717, 1.165) is 0 Å². The molecule has 186 valence electrons. The number of phenolic OH excluding ortho intramolecular Hbond substituents is 2. The van der Waals surface area contributed by atoms with Crippen molar-refractivity contribution in [2.75, 3.05) is 12.4 Å². The molecule has 3 aromatic carbocycles. The number of carboxylic acid groups (broad SMARTS) is 2. The molecule has 9 nitrogen and oxygen atoms in total. The van der Waals surface area contributed by atoms with Gasteiger partial charge in [-0.2, -0.15) is 0 Å². The molecular weight excluding hydrogens is 464 g/mol. The van der Waals surface area contributed by atoms with Crippen LogP contribution in [0.3, 0.4) is 0 Å². The molecule has 0 spiro atoms. The zero-order valence-corrected chi connectivity index (χ0v) is 19.4. The fourth-order valence-electron chi connectivity index (χ4n) is 3.68. The average molecular weight is 491 g/mol. The molecule has 0 radical (unpaired) electrons. The van der Waals surface area contributed by atoms with Crippen LogP contribution in [0, 0.1) is 0 Å². The summed E-state index contributed by atoms with van der Waals surface area (Å²) >= 11 is 0. The van der Waals surface area contributed by atoms with Gasteiger partial charge in [-0.05, 0) is 53.1 Å². The molecule has 0 saturated heterocycles. The monoisotopic (exact) mass is 490 g/mol. The number of carboxylic acids is 2. The van der Waals surface area contributed by atoms with Gasteiger partial charge < -0.3 is 31.1 Å². The maximum atomic E-state index is 12.5. The number of phenols is 2. The molecule has 1 atom stereocenters. The first-order valence-electron chi connectivity index (χ1n) is 11.0. The Balaban J connectivity index is 1.83. The Hall–Kier alpha value is -4.79. The largest absolute Gasteiger partial charge is 0.508 e. The number of hydrogen-bond acceptors (Lipinski definition) is 6. The van der Waals surface area contributed by atoms with Gasteiger partial charge in [0.25, 0.3) is 0 Å². The first kappa shape index (κ1) is 25.8. The van der Waals surface area contributed by atoms with E-state index in [2.05, 4.69) is 10.6 Å². The van der Waals surface area contributed by atoms with E-state index < -0.39 is 23.9 Å². The van der Waals surface area contributed by atoms with Crippen LogP contribution in [-0.2, 0) is 20.8 Å². The van der Waals surface area contributed by atoms with Crippen molar-refractivity contribution < 1.29 is 34.8 Å². The highest BCUT2D eigenvalue weighted by Crippen LogP contribution is 2.31. The lowest BCUT2D eigenvalue weighted by molar-refractivity contribution is -0.141. The molecule has 0 aromatic heterocycles. The number of carbonyl (C=O) groups excluding carboxylic acids is 1. The topological polar surface area (TPSA) is 156 Å². The summed E-state index contributed by atoms with van der Waals surface area (Å²) in [6.45, 7) is 0. The van der Waals surface area contributed by atoms with Crippen LogP contribution in [0.4, 0.5) is 5.69 Å². The smallest absolute Gasteiger partial charge is 0.336 e. The Kier molecular flexibility index (Phi) is 8.30. The molecule has 0 saturated carbocycles. The van der Waals surface area contributed by atoms with Crippen molar-refractivity contribution in [1.29, 1.82) is 0 Å². The average Bonchev–Trinajstić information content (AvgIpc) is 2.84. The van der Waals surface area contributed by atoms with Gasteiger partial charge in [0, 0.05) is 31.1 Å². The SMILES string of the molecule is CNc1ccc(-c2cccc(O)c2)cc1/C(=C\CC(=O)NC(Cc1ccc(O)cc1)C(=O)O)C(=O)O. The van der Waals surface area contributed by atoms with E-state index in [0.29, 0.717) is 27.9 Å². The highest BCUT2D eigenvalue weighted by atomic mass is 16.4. The molecule has 0 bridgehead atoms. The minimum absolute atomic E-state index is 0.00722. The Morgan fingerprint density at radius 3 is 2.19 bits per heavy atom. The van der Waals surface area contributed by atoms with Crippen molar-refractivity contribution in [3.8, 4) is 22.6 Å². The second-order valence-corrected chi connectivity index (χ2v) is 8.02. The quantitative estimate of drug-likeness (QED) is 0.236. The third-order valence-electron chi connectivity index (χ3n) is 5.49. The fourth-order valence-corrected chi connectivity index (χ4v) is 3.68. The van der Waals surface area contributed by atoms with Gasteiger partial charge in [0.1, 0.15) is 17.5 Å². The van der Waals surface area contributed by atoms with Gasteiger partial charge in [-0.15, -0.1) is 0 Å².